The van der Waals surface area contributed by atoms with Crippen molar-refractivity contribution < 1.29 is 0 Å². The summed E-state index contributed by atoms with van der Waals surface area (Å²) in [6.07, 6.45) is 1.26. The molecule has 0 aliphatic rings. The van der Waals surface area contributed by atoms with Gasteiger partial charge in [0.1, 0.15) is 0 Å². The summed E-state index contributed by atoms with van der Waals surface area (Å²) in [7, 11) is 0. The molecule has 68 valence electrons. The quantitative estimate of drug-likeness (QED) is 0.764. The van der Waals surface area contributed by atoms with Gasteiger partial charge in [0.05, 0.1) is 6.07 Å². The molecule has 0 heterocycles. The smallest absolute Gasteiger partial charge is 0.0622 e. The SMILES string of the molecule is Cc1ccccc1C(N)CCC#N. The number of aryl methyl sites for hydroxylation is 1. The number of rotatable bonds is 3. The molecule has 0 fully saturated rings. The number of nitrogens with zero attached hydrogens (tertiary/aromatic N) is 1. The lowest BCUT2D eigenvalue weighted by Crippen LogP contribution is -2.11. The van der Waals surface area contributed by atoms with E-state index in [1.165, 1.54) is 5.56 Å². The molecule has 1 aromatic carbocycles. The molecule has 0 aromatic heterocycles. The van der Waals surface area contributed by atoms with E-state index in [0.717, 1.165) is 12.0 Å². The van der Waals surface area contributed by atoms with Crippen molar-refractivity contribution in [3.05, 3.63) is 35.4 Å². The highest BCUT2D eigenvalue weighted by Crippen LogP contribution is 2.18. The maximum atomic E-state index is 8.43. The topological polar surface area (TPSA) is 49.8 Å². The van der Waals surface area contributed by atoms with Gasteiger partial charge < -0.3 is 5.73 Å². The lowest BCUT2D eigenvalue weighted by molar-refractivity contribution is 0.661. The van der Waals surface area contributed by atoms with Gasteiger partial charge in [-0.25, -0.2) is 0 Å². The predicted molar refractivity (Wildman–Crippen MR) is 53.0 cm³/mol. The number of hydrogen-bond donors (Lipinski definition) is 1. The van der Waals surface area contributed by atoms with Gasteiger partial charge in [-0.3, -0.25) is 0 Å². The van der Waals surface area contributed by atoms with Crippen LogP contribution in [0.25, 0.3) is 0 Å². The number of benzene rings is 1. The van der Waals surface area contributed by atoms with Crippen LogP contribution in [0.1, 0.15) is 30.0 Å². The molecule has 0 aliphatic carbocycles. The van der Waals surface area contributed by atoms with E-state index in [1.807, 2.05) is 31.2 Å². The van der Waals surface area contributed by atoms with Crippen molar-refractivity contribution in [3.63, 3.8) is 0 Å². The third-order valence-electron chi connectivity index (χ3n) is 2.16. The minimum absolute atomic E-state index is 0.000787. The summed E-state index contributed by atoms with van der Waals surface area (Å²) in [4.78, 5) is 0. The van der Waals surface area contributed by atoms with E-state index in [1.54, 1.807) is 0 Å². The van der Waals surface area contributed by atoms with E-state index in [2.05, 4.69) is 6.07 Å². The van der Waals surface area contributed by atoms with E-state index >= 15 is 0 Å². The molecule has 1 rings (SSSR count). The summed E-state index contributed by atoms with van der Waals surface area (Å²) in [5.41, 5.74) is 8.28. The van der Waals surface area contributed by atoms with Crippen molar-refractivity contribution in [1.82, 2.24) is 0 Å². The van der Waals surface area contributed by atoms with Gasteiger partial charge in [0, 0.05) is 12.5 Å². The molecule has 2 heteroatoms. The molecule has 0 bridgehead atoms. The van der Waals surface area contributed by atoms with Gasteiger partial charge in [-0.1, -0.05) is 24.3 Å². The Balaban J connectivity index is 2.72. The van der Waals surface area contributed by atoms with Gasteiger partial charge >= 0.3 is 0 Å². The van der Waals surface area contributed by atoms with Gasteiger partial charge in [-0.05, 0) is 24.5 Å². The van der Waals surface area contributed by atoms with Crippen LogP contribution in [0.2, 0.25) is 0 Å². The maximum absolute atomic E-state index is 8.43. The third kappa shape index (κ3) is 2.57. The predicted octanol–water partition coefficient (Wildman–Crippen LogP) is 2.30. The summed E-state index contributed by atoms with van der Waals surface area (Å²) in [6, 6.07) is 10.2. The first-order chi connectivity index (χ1) is 6.25. The van der Waals surface area contributed by atoms with Gasteiger partial charge in [-0.15, -0.1) is 0 Å². The van der Waals surface area contributed by atoms with Crippen LogP contribution in [0.5, 0.6) is 0 Å². The first-order valence-corrected chi connectivity index (χ1v) is 4.43. The Hall–Kier alpha value is -1.33. The summed E-state index contributed by atoms with van der Waals surface area (Å²) in [5.74, 6) is 0. The summed E-state index contributed by atoms with van der Waals surface area (Å²) < 4.78 is 0. The van der Waals surface area contributed by atoms with Crippen LogP contribution in [0.3, 0.4) is 0 Å². The zero-order valence-corrected chi connectivity index (χ0v) is 7.83. The molecule has 1 unspecified atom stereocenters. The van der Waals surface area contributed by atoms with Crippen molar-refractivity contribution in [2.75, 3.05) is 0 Å². The Labute approximate surface area is 79.0 Å². The van der Waals surface area contributed by atoms with Gasteiger partial charge in [-0.2, -0.15) is 5.26 Å². The van der Waals surface area contributed by atoms with Crippen LogP contribution in [0.15, 0.2) is 24.3 Å². The largest absolute Gasteiger partial charge is 0.324 e. The highest BCUT2D eigenvalue weighted by atomic mass is 14.6. The fourth-order valence-electron chi connectivity index (χ4n) is 1.38. The molecule has 0 saturated heterocycles. The highest BCUT2D eigenvalue weighted by Gasteiger charge is 2.06. The van der Waals surface area contributed by atoms with Crippen LogP contribution >= 0.6 is 0 Å². The molecule has 0 saturated carbocycles. The molecule has 1 aromatic rings. The standard InChI is InChI=1S/C11H14N2/c1-9-5-2-3-6-10(9)11(13)7-4-8-12/h2-3,5-6,11H,4,7,13H2,1H3. The fourth-order valence-corrected chi connectivity index (χ4v) is 1.38. The zero-order chi connectivity index (χ0) is 9.68. The summed E-state index contributed by atoms with van der Waals surface area (Å²) in [5, 5.41) is 8.43. The minimum Gasteiger partial charge on any atom is -0.324 e. The third-order valence-corrected chi connectivity index (χ3v) is 2.16. The van der Waals surface area contributed by atoms with Crippen molar-refractivity contribution in [1.29, 1.82) is 5.26 Å². The molecule has 1 atom stereocenters. The lowest BCUT2D eigenvalue weighted by atomic mass is 9.99. The molecule has 0 aliphatic heterocycles. The number of nitriles is 1. The zero-order valence-electron chi connectivity index (χ0n) is 7.83. The highest BCUT2D eigenvalue weighted by molar-refractivity contribution is 5.28. The minimum atomic E-state index is 0.000787. The van der Waals surface area contributed by atoms with Crippen LogP contribution in [-0.4, -0.2) is 0 Å². The monoisotopic (exact) mass is 174 g/mol. The Kier molecular flexibility index (Phi) is 3.48. The average molecular weight is 174 g/mol. The molecule has 2 nitrogen and oxygen atoms in total. The van der Waals surface area contributed by atoms with Crippen molar-refractivity contribution >= 4 is 0 Å². The Morgan fingerprint density at radius 3 is 2.77 bits per heavy atom. The van der Waals surface area contributed by atoms with E-state index < -0.39 is 0 Å². The Morgan fingerprint density at radius 1 is 1.46 bits per heavy atom. The summed E-state index contributed by atoms with van der Waals surface area (Å²) in [6.45, 7) is 2.04. The van der Waals surface area contributed by atoms with Crippen molar-refractivity contribution in [2.24, 2.45) is 5.73 Å². The van der Waals surface area contributed by atoms with Crippen LogP contribution in [0, 0.1) is 18.3 Å². The van der Waals surface area contributed by atoms with Gasteiger partial charge in [0.2, 0.25) is 0 Å². The van der Waals surface area contributed by atoms with E-state index in [-0.39, 0.29) is 6.04 Å². The average Bonchev–Trinajstić information content (AvgIpc) is 2.15. The molecular weight excluding hydrogens is 160 g/mol. The molecule has 0 amide bonds. The van der Waals surface area contributed by atoms with Gasteiger partial charge in [0.25, 0.3) is 0 Å². The second-order valence-electron chi connectivity index (χ2n) is 3.16. The van der Waals surface area contributed by atoms with E-state index in [9.17, 15) is 0 Å². The molecule has 0 radical (unpaired) electrons. The Morgan fingerprint density at radius 2 is 2.15 bits per heavy atom. The first-order valence-electron chi connectivity index (χ1n) is 4.43. The number of hydrogen-bond acceptors (Lipinski definition) is 2. The maximum Gasteiger partial charge on any atom is 0.0622 e. The molecular formula is C11H14N2. The normalized spacial score (nSPS) is 12.1. The van der Waals surface area contributed by atoms with Gasteiger partial charge in [0.15, 0.2) is 0 Å². The fraction of sp³-hybridized carbons (Fsp3) is 0.364. The Bertz CT molecular complexity index is 312. The van der Waals surface area contributed by atoms with Crippen molar-refractivity contribution in [2.45, 2.75) is 25.8 Å². The second-order valence-corrected chi connectivity index (χ2v) is 3.16. The lowest BCUT2D eigenvalue weighted by Gasteiger charge is -2.12. The molecule has 13 heavy (non-hydrogen) atoms. The number of nitrogens with two attached hydrogens (primary N) is 1. The van der Waals surface area contributed by atoms with Crippen LogP contribution in [0.4, 0.5) is 0 Å². The van der Waals surface area contributed by atoms with E-state index in [0.29, 0.717) is 6.42 Å². The first kappa shape index (κ1) is 9.76. The summed E-state index contributed by atoms with van der Waals surface area (Å²) >= 11 is 0. The van der Waals surface area contributed by atoms with Crippen molar-refractivity contribution in [3.8, 4) is 6.07 Å². The van der Waals surface area contributed by atoms with Crippen LogP contribution < -0.4 is 5.73 Å². The molecule has 2 N–H and O–H groups in total. The van der Waals surface area contributed by atoms with E-state index in [4.69, 9.17) is 11.0 Å². The van der Waals surface area contributed by atoms with Crippen LogP contribution in [-0.2, 0) is 0 Å². The molecule has 0 spiro atoms. The second kappa shape index (κ2) is 4.64.